The topological polar surface area (TPSA) is 58.9 Å². The van der Waals surface area contributed by atoms with Gasteiger partial charge in [0, 0.05) is 5.56 Å². The summed E-state index contributed by atoms with van der Waals surface area (Å²) >= 11 is 0. The summed E-state index contributed by atoms with van der Waals surface area (Å²) < 4.78 is 5.07. The Morgan fingerprint density at radius 2 is 1.94 bits per heavy atom. The fourth-order valence-corrected chi connectivity index (χ4v) is 1.57. The molecular weight excluding hydrogens is 230 g/mol. The Kier molecular flexibility index (Phi) is 6.54. The average Bonchev–Trinajstić information content (AvgIpc) is 2.40. The molecule has 18 heavy (non-hydrogen) atoms. The molecule has 0 saturated carbocycles. The van der Waals surface area contributed by atoms with Gasteiger partial charge in [0.25, 0.3) is 0 Å². The van der Waals surface area contributed by atoms with E-state index in [0.717, 1.165) is 25.7 Å². The summed E-state index contributed by atoms with van der Waals surface area (Å²) in [7, 11) is 0. The van der Waals surface area contributed by atoms with Crippen molar-refractivity contribution in [2.75, 3.05) is 6.61 Å². The number of rotatable bonds is 7. The van der Waals surface area contributed by atoms with Crippen molar-refractivity contribution in [1.82, 2.24) is 0 Å². The minimum atomic E-state index is -0.583. The van der Waals surface area contributed by atoms with Crippen LogP contribution in [0.2, 0.25) is 0 Å². The predicted octanol–water partition coefficient (Wildman–Crippen LogP) is 2.99. The molecule has 0 aliphatic heterocycles. The van der Waals surface area contributed by atoms with Crippen molar-refractivity contribution in [3.05, 3.63) is 35.9 Å². The normalized spacial score (nSPS) is 11.3. The zero-order chi connectivity index (χ0) is 13.2. The van der Waals surface area contributed by atoms with E-state index < -0.39 is 5.97 Å². The first-order valence-corrected chi connectivity index (χ1v) is 6.24. The second-order valence-corrected chi connectivity index (χ2v) is 4.01. The molecule has 0 heterocycles. The molecule has 0 aromatic heterocycles. The lowest BCUT2D eigenvalue weighted by molar-refractivity contribution is -0.135. The molecule has 1 rings (SSSR count). The van der Waals surface area contributed by atoms with Gasteiger partial charge in [-0.15, -0.1) is 0 Å². The van der Waals surface area contributed by atoms with E-state index in [4.69, 9.17) is 9.94 Å². The van der Waals surface area contributed by atoms with Crippen LogP contribution in [-0.2, 0) is 9.53 Å². The summed E-state index contributed by atoms with van der Waals surface area (Å²) in [4.78, 5) is 11.7. The van der Waals surface area contributed by atoms with Crippen LogP contribution < -0.4 is 0 Å². The summed E-state index contributed by atoms with van der Waals surface area (Å²) in [5.74, 6) is -0.583. The van der Waals surface area contributed by atoms with Crippen molar-refractivity contribution in [3.63, 3.8) is 0 Å². The van der Waals surface area contributed by atoms with E-state index in [9.17, 15) is 4.79 Å². The van der Waals surface area contributed by atoms with Crippen molar-refractivity contribution >= 4 is 11.7 Å². The van der Waals surface area contributed by atoms with Crippen molar-refractivity contribution in [2.24, 2.45) is 5.16 Å². The first-order chi connectivity index (χ1) is 8.79. The quantitative estimate of drug-likeness (QED) is 0.266. The molecule has 98 valence electrons. The Hall–Kier alpha value is -1.84. The fraction of sp³-hybridized carbons (Fsp3) is 0.429. The predicted molar refractivity (Wildman–Crippen MR) is 69.9 cm³/mol. The van der Waals surface area contributed by atoms with Gasteiger partial charge in [0.15, 0.2) is 5.71 Å². The van der Waals surface area contributed by atoms with E-state index in [1.807, 2.05) is 6.07 Å². The molecule has 0 atom stereocenters. The monoisotopic (exact) mass is 249 g/mol. The highest BCUT2D eigenvalue weighted by Crippen LogP contribution is 2.04. The van der Waals surface area contributed by atoms with Crippen molar-refractivity contribution in [3.8, 4) is 0 Å². The lowest BCUT2D eigenvalue weighted by atomic mass is 10.1. The fourth-order valence-electron chi connectivity index (χ4n) is 1.57. The first kappa shape index (κ1) is 14.2. The molecule has 0 bridgehead atoms. The molecular formula is C14H19NO3. The van der Waals surface area contributed by atoms with E-state index in [2.05, 4.69) is 12.1 Å². The Balaban J connectivity index is 2.45. The van der Waals surface area contributed by atoms with Gasteiger partial charge in [0.1, 0.15) is 0 Å². The van der Waals surface area contributed by atoms with Crippen LogP contribution in [0.15, 0.2) is 35.5 Å². The second-order valence-electron chi connectivity index (χ2n) is 4.01. The number of carbonyl (C=O) groups excluding carboxylic acids is 1. The molecule has 0 aliphatic rings. The highest BCUT2D eigenvalue weighted by Gasteiger charge is 2.15. The van der Waals surface area contributed by atoms with Gasteiger partial charge >= 0.3 is 5.97 Å². The van der Waals surface area contributed by atoms with Crippen LogP contribution in [0.3, 0.4) is 0 Å². The van der Waals surface area contributed by atoms with Crippen molar-refractivity contribution in [2.45, 2.75) is 32.6 Å². The van der Waals surface area contributed by atoms with Crippen molar-refractivity contribution < 1.29 is 14.7 Å². The molecule has 4 heteroatoms. The second kappa shape index (κ2) is 8.28. The molecule has 4 nitrogen and oxygen atoms in total. The lowest BCUT2D eigenvalue weighted by Gasteiger charge is -2.05. The smallest absolute Gasteiger partial charge is 0.361 e. The molecule has 1 aromatic rings. The molecule has 1 N–H and O–H groups in total. The van der Waals surface area contributed by atoms with E-state index in [1.54, 1.807) is 24.3 Å². The maximum Gasteiger partial charge on any atom is 0.361 e. The highest BCUT2D eigenvalue weighted by atomic mass is 16.5. The van der Waals surface area contributed by atoms with Gasteiger partial charge in [-0.25, -0.2) is 4.79 Å². The number of nitrogens with zero attached hydrogens (tertiary/aromatic N) is 1. The van der Waals surface area contributed by atoms with E-state index in [-0.39, 0.29) is 5.71 Å². The van der Waals surface area contributed by atoms with Crippen LogP contribution in [0.1, 0.15) is 38.2 Å². The molecule has 0 aliphatic carbocycles. The molecule has 0 saturated heterocycles. The largest absolute Gasteiger partial charge is 0.461 e. The number of benzene rings is 1. The van der Waals surface area contributed by atoms with Crippen LogP contribution in [0.5, 0.6) is 0 Å². The first-order valence-electron chi connectivity index (χ1n) is 6.24. The van der Waals surface area contributed by atoms with E-state index >= 15 is 0 Å². The van der Waals surface area contributed by atoms with Gasteiger partial charge in [-0.1, -0.05) is 61.7 Å². The summed E-state index contributed by atoms with van der Waals surface area (Å²) in [6.45, 7) is 2.49. The van der Waals surface area contributed by atoms with Crippen molar-refractivity contribution in [1.29, 1.82) is 0 Å². The maximum atomic E-state index is 11.7. The highest BCUT2D eigenvalue weighted by molar-refractivity contribution is 6.43. The van der Waals surface area contributed by atoms with Gasteiger partial charge in [-0.3, -0.25) is 0 Å². The van der Waals surface area contributed by atoms with Gasteiger partial charge in [-0.2, -0.15) is 0 Å². The summed E-state index contributed by atoms with van der Waals surface area (Å²) in [5, 5.41) is 11.9. The van der Waals surface area contributed by atoms with Crippen LogP contribution in [0.4, 0.5) is 0 Å². The number of esters is 1. The Bertz CT molecular complexity index is 387. The Morgan fingerprint density at radius 3 is 2.56 bits per heavy atom. The third-order valence-corrected chi connectivity index (χ3v) is 2.57. The van der Waals surface area contributed by atoms with E-state index in [0.29, 0.717) is 12.2 Å². The molecule has 0 fully saturated rings. The third-order valence-electron chi connectivity index (χ3n) is 2.57. The standard InChI is InChI=1S/C14H19NO3/c1-2-3-4-8-11-18-14(16)13(15-17)12-9-6-5-7-10-12/h5-7,9-10,17H,2-4,8,11H2,1H3. The number of hydrogen-bond acceptors (Lipinski definition) is 4. The number of ether oxygens (including phenoxy) is 1. The number of hydrogen-bond donors (Lipinski definition) is 1. The zero-order valence-corrected chi connectivity index (χ0v) is 10.6. The lowest BCUT2D eigenvalue weighted by Crippen LogP contribution is -2.19. The zero-order valence-electron chi connectivity index (χ0n) is 10.6. The van der Waals surface area contributed by atoms with Gasteiger partial charge in [0.05, 0.1) is 6.61 Å². The van der Waals surface area contributed by atoms with Gasteiger partial charge < -0.3 is 9.94 Å². The minimum absolute atomic E-state index is 0.0499. The summed E-state index contributed by atoms with van der Waals surface area (Å²) in [6, 6.07) is 8.78. The van der Waals surface area contributed by atoms with Crippen LogP contribution in [-0.4, -0.2) is 23.5 Å². The minimum Gasteiger partial charge on any atom is -0.461 e. The maximum absolute atomic E-state index is 11.7. The molecule has 0 spiro atoms. The molecule has 0 unspecified atom stereocenters. The number of unbranched alkanes of at least 4 members (excludes halogenated alkanes) is 3. The third kappa shape index (κ3) is 4.57. The van der Waals surface area contributed by atoms with Gasteiger partial charge in [-0.05, 0) is 6.42 Å². The van der Waals surface area contributed by atoms with Crippen LogP contribution in [0.25, 0.3) is 0 Å². The van der Waals surface area contributed by atoms with E-state index in [1.165, 1.54) is 0 Å². The molecule has 0 radical (unpaired) electrons. The molecule has 0 amide bonds. The molecule has 1 aromatic carbocycles. The van der Waals surface area contributed by atoms with Crippen LogP contribution >= 0.6 is 0 Å². The SMILES string of the molecule is CCCCCCOC(=O)C(=NO)c1ccccc1. The average molecular weight is 249 g/mol. The van der Waals surface area contributed by atoms with Crippen LogP contribution in [0, 0.1) is 0 Å². The number of carbonyl (C=O) groups is 1. The number of oxime groups is 1. The summed E-state index contributed by atoms with van der Waals surface area (Å²) in [6.07, 6.45) is 4.16. The Morgan fingerprint density at radius 1 is 1.22 bits per heavy atom. The summed E-state index contributed by atoms with van der Waals surface area (Å²) in [5.41, 5.74) is 0.504. The van der Waals surface area contributed by atoms with Gasteiger partial charge in [0.2, 0.25) is 0 Å². The Labute approximate surface area is 107 Å².